The van der Waals surface area contributed by atoms with E-state index in [-0.39, 0.29) is 11.1 Å². The number of nitrogens with one attached hydrogen (secondary N) is 2. The van der Waals surface area contributed by atoms with Gasteiger partial charge in [-0.15, -0.1) is 0 Å². The summed E-state index contributed by atoms with van der Waals surface area (Å²) < 4.78 is 4.07. The highest BCUT2D eigenvalue weighted by Gasteiger charge is 2.30. The van der Waals surface area contributed by atoms with Gasteiger partial charge >= 0.3 is 0 Å². The van der Waals surface area contributed by atoms with E-state index in [2.05, 4.69) is 40.0 Å². The Labute approximate surface area is 230 Å². The molecule has 7 heteroatoms. The highest BCUT2D eigenvalue weighted by molar-refractivity contribution is 9.10. The van der Waals surface area contributed by atoms with Gasteiger partial charge in [-0.3, -0.25) is 19.8 Å². The number of aromatic nitrogens is 4. The lowest BCUT2D eigenvalue weighted by Gasteiger charge is -2.16. The molecule has 0 saturated carbocycles. The van der Waals surface area contributed by atoms with Gasteiger partial charge in [-0.2, -0.15) is 0 Å². The van der Waals surface area contributed by atoms with Crippen LogP contribution < -0.4 is 11.1 Å². The Bertz CT molecular complexity index is 1580. The van der Waals surface area contributed by atoms with Gasteiger partial charge in [0.25, 0.3) is 11.1 Å². The van der Waals surface area contributed by atoms with E-state index in [4.69, 9.17) is 0 Å². The Morgan fingerprint density at radius 3 is 1.42 bits per heavy atom. The van der Waals surface area contributed by atoms with Crippen molar-refractivity contribution < 1.29 is 0 Å². The maximum atomic E-state index is 14.0. The second kappa shape index (κ2) is 10.5. The van der Waals surface area contributed by atoms with Gasteiger partial charge in [0.15, 0.2) is 0 Å². The molecule has 0 spiro atoms. The fraction of sp³-hybridized carbons (Fsp3) is 0.226. The van der Waals surface area contributed by atoms with Crippen LogP contribution in [0.2, 0.25) is 0 Å². The van der Waals surface area contributed by atoms with Gasteiger partial charge in [0.05, 0.1) is 22.5 Å². The number of aryl methyl sites for hydroxylation is 4. The van der Waals surface area contributed by atoms with E-state index in [0.717, 1.165) is 45.6 Å². The minimum absolute atomic E-state index is 0.168. The zero-order chi connectivity index (χ0) is 27.0. The number of rotatable bonds is 7. The van der Waals surface area contributed by atoms with Crippen LogP contribution in [0.3, 0.4) is 0 Å². The number of halogens is 1. The second-order valence-corrected chi connectivity index (χ2v) is 10.5. The molecule has 5 aromatic rings. The SMILES string of the molecule is CCc1ccc(-n2[nH]c(C)c(C(c3ccc(Br)cc3)c3c(C)[nH]n(-c4ccc(CC)cc4)c3=O)c2=O)cc1. The molecule has 0 fully saturated rings. The fourth-order valence-corrected chi connectivity index (χ4v) is 5.32. The summed E-state index contributed by atoms with van der Waals surface area (Å²) in [5, 5.41) is 6.53. The van der Waals surface area contributed by atoms with Crippen LogP contribution in [0, 0.1) is 13.8 Å². The van der Waals surface area contributed by atoms with E-state index in [1.807, 2.05) is 86.6 Å². The molecule has 5 rings (SSSR count). The zero-order valence-corrected chi connectivity index (χ0v) is 23.6. The summed E-state index contributed by atoms with van der Waals surface area (Å²) in [4.78, 5) is 27.9. The van der Waals surface area contributed by atoms with Crippen molar-refractivity contribution in [2.75, 3.05) is 0 Å². The monoisotopic (exact) mass is 570 g/mol. The minimum atomic E-state index is -0.553. The lowest BCUT2D eigenvalue weighted by molar-refractivity contribution is 0.829. The zero-order valence-electron chi connectivity index (χ0n) is 22.0. The van der Waals surface area contributed by atoms with Crippen molar-refractivity contribution in [3.8, 4) is 11.4 Å². The number of nitrogens with zero attached hydrogens (tertiary/aromatic N) is 2. The Morgan fingerprint density at radius 1 is 0.658 bits per heavy atom. The summed E-state index contributed by atoms with van der Waals surface area (Å²) in [6, 6.07) is 23.7. The van der Waals surface area contributed by atoms with E-state index in [9.17, 15) is 9.59 Å². The molecular formula is C31H31BrN4O2. The molecule has 0 unspecified atom stereocenters. The minimum Gasteiger partial charge on any atom is -0.295 e. The quantitative estimate of drug-likeness (QED) is 0.240. The summed E-state index contributed by atoms with van der Waals surface area (Å²) in [5.41, 5.74) is 7.01. The molecule has 0 aliphatic carbocycles. The molecule has 0 aliphatic heterocycles. The van der Waals surface area contributed by atoms with Crippen LogP contribution in [0.5, 0.6) is 0 Å². The number of aromatic amines is 2. The average molecular weight is 572 g/mol. The molecule has 0 atom stereocenters. The van der Waals surface area contributed by atoms with Crippen LogP contribution in [0.25, 0.3) is 11.4 Å². The normalized spacial score (nSPS) is 11.4. The number of hydrogen-bond donors (Lipinski definition) is 2. The van der Waals surface area contributed by atoms with Crippen LogP contribution in [-0.2, 0) is 12.8 Å². The summed E-state index contributed by atoms with van der Waals surface area (Å²) in [6.07, 6.45) is 1.85. The van der Waals surface area contributed by atoms with Gasteiger partial charge in [-0.25, -0.2) is 9.36 Å². The second-order valence-electron chi connectivity index (χ2n) is 9.61. The number of benzene rings is 3. The summed E-state index contributed by atoms with van der Waals surface area (Å²) in [5.74, 6) is -0.553. The molecule has 0 bridgehead atoms. The van der Waals surface area contributed by atoms with Crippen LogP contribution in [0.4, 0.5) is 0 Å². The van der Waals surface area contributed by atoms with E-state index in [0.29, 0.717) is 11.1 Å². The molecule has 3 aromatic carbocycles. The third-order valence-corrected chi connectivity index (χ3v) is 7.75. The van der Waals surface area contributed by atoms with E-state index in [1.165, 1.54) is 11.1 Å². The highest BCUT2D eigenvalue weighted by atomic mass is 79.9. The molecule has 194 valence electrons. The largest absolute Gasteiger partial charge is 0.295 e. The van der Waals surface area contributed by atoms with Gasteiger partial charge < -0.3 is 0 Å². The first kappa shape index (κ1) is 25.8. The third-order valence-electron chi connectivity index (χ3n) is 7.22. The molecule has 2 N–H and O–H groups in total. The first-order valence-corrected chi connectivity index (χ1v) is 13.7. The van der Waals surface area contributed by atoms with Crippen LogP contribution in [0.15, 0.2) is 86.9 Å². The highest BCUT2D eigenvalue weighted by Crippen LogP contribution is 2.33. The van der Waals surface area contributed by atoms with Gasteiger partial charge in [0, 0.05) is 21.8 Å². The van der Waals surface area contributed by atoms with E-state index < -0.39 is 5.92 Å². The van der Waals surface area contributed by atoms with Crippen LogP contribution >= 0.6 is 15.9 Å². The van der Waals surface area contributed by atoms with Crippen molar-refractivity contribution in [2.45, 2.75) is 46.5 Å². The molecule has 0 radical (unpaired) electrons. The molecular weight excluding hydrogens is 540 g/mol. The lowest BCUT2D eigenvalue weighted by atomic mass is 9.85. The lowest BCUT2D eigenvalue weighted by Crippen LogP contribution is -2.25. The van der Waals surface area contributed by atoms with Crippen LogP contribution in [-0.4, -0.2) is 19.6 Å². The van der Waals surface area contributed by atoms with E-state index in [1.54, 1.807) is 9.36 Å². The predicted molar refractivity (Wildman–Crippen MR) is 156 cm³/mol. The topological polar surface area (TPSA) is 75.6 Å². The van der Waals surface area contributed by atoms with Gasteiger partial charge in [-0.1, -0.05) is 66.2 Å². The van der Waals surface area contributed by atoms with Crippen molar-refractivity contribution >= 4 is 15.9 Å². The third kappa shape index (κ3) is 4.63. The molecule has 2 aromatic heterocycles. The fourth-order valence-electron chi connectivity index (χ4n) is 5.06. The Kier molecular flexibility index (Phi) is 7.13. The molecule has 0 aliphatic rings. The summed E-state index contributed by atoms with van der Waals surface area (Å²) in [7, 11) is 0. The Hall–Kier alpha value is -3.84. The molecule has 38 heavy (non-hydrogen) atoms. The summed E-state index contributed by atoms with van der Waals surface area (Å²) in [6.45, 7) is 7.99. The van der Waals surface area contributed by atoms with Gasteiger partial charge in [0.2, 0.25) is 0 Å². The molecule has 0 amide bonds. The van der Waals surface area contributed by atoms with Crippen molar-refractivity contribution in [3.05, 3.63) is 137 Å². The van der Waals surface area contributed by atoms with Crippen molar-refractivity contribution in [3.63, 3.8) is 0 Å². The number of hydrogen-bond acceptors (Lipinski definition) is 2. The average Bonchev–Trinajstić information content (AvgIpc) is 3.40. The maximum Gasteiger partial charge on any atom is 0.275 e. The standard InChI is InChI=1S/C31H31BrN4O2/c1-5-21-7-15-25(16-8-21)35-30(37)27(19(3)33-35)29(23-11-13-24(32)14-12-23)28-20(4)34-36(31(28)38)26-17-9-22(6-2)10-18-26/h7-18,29,33-34H,5-6H2,1-4H3. The van der Waals surface area contributed by atoms with Crippen molar-refractivity contribution in [2.24, 2.45) is 0 Å². The molecule has 2 heterocycles. The Balaban J connectivity index is 1.71. The predicted octanol–water partition coefficient (Wildman–Crippen LogP) is 6.33. The van der Waals surface area contributed by atoms with Gasteiger partial charge in [0.1, 0.15) is 0 Å². The molecule has 0 saturated heterocycles. The van der Waals surface area contributed by atoms with Crippen LogP contribution in [0.1, 0.15) is 59.0 Å². The Morgan fingerprint density at radius 2 is 1.05 bits per heavy atom. The van der Waals surface area contributed by atoms with Crippen molar-refractivity contribution in [1.29, 1.82) is 0 Å². The number of H-pyrrole nitrogens is 2. The molecule has 6 nitrogen and oxygen atoms in total. The summed E-state index contributed by atoms with van der Waals surface area (Å²) >= 11 is 3.51. The maximum absolute atomic E-state index is 14.0. The van der Waals surface area contributed by atoms with E-state index >= 15 is 0 Å². The smallest absolute Gasteiger partial charge is 0.275 e. The first-order valence-electron chi connectivity index (χ1n) is 12.9. The van der Waals surface area contributed by atoms with Gasteiger partial charge in [-0.05, 0) is 79.8 Å². The van der Waals surface area contributed by atoms with Crippen molar-refractivity contribution in [1.82, 2.24) is 19.6 Å². The first-order chi connectivity index (χ1) is 18.3.